The minimum Gasteiger partial charge on any atom is -0.481 e. The molecule has 7 heteroatoms. The lowest BCUT2D eigenvalue weighted by Crippen LogP contribution is -2.51. The second-order valence-electron chi connectivity index (χ2n) is 5.08. The molecular formula is C14H24N2O5. The molecule has 1 fully saturated rings. The van der Waals surface area contributed by atoms with Crippen molar-refractivity contribution in [2.24, 2.45) is 5.92 Å². The van der Waals surface area contributed by atoms with E-state index in [1.807, 2.05) is 13.8 Å². The molecule has 0 aliphatic carbocycles. The van der Waals surface area contributed by atoms with E-state index in [9.17, 15) is 9.59 Å². The summed E-state index contributed by atoms with van der Waals surface area (Å²) in [7, 11) is 0. The first-order valence-electron chi connectivity index (χ1n) is 7.04. The molecule has 0 aromatic rings. The van der Waals surface area contributed by atoms with E-state index in [4.69, 9.17) is 14.6 Å². The Bertz CT molecular complexity index is 386. The van der Waals surface area contributed by atoms with Crippen molar-refractivity contribution in [1.82, 2.24) is 10.2 Å². The molecule has 1 saturated heterocycles. The second-order valence-corrected chi connectivity index (χ2v) is 5.08. The van der Waals surface area contributed by atoms with Gasteiger partial charge in [0.25, 0.3) is 0 Å². The molecule has 0 radical (unpaired) electrons. The van der Waals surface area contributed by atoms with Crippen LogP contribution < -0.4 is 5.32 Å². The first kappa shape index (κ1) is 17.5. The fourth-order valence-corrected chi connectivity index (χ4v) is 2.19. The van der Waals surface area contributed by atoms with Crippen LogP contribution in [0.3, 0.4) is 0 Å². The lowest BCUT2D eigenvalue weighted by molar-refractivity contribution is -0.142. The average Bonchev–Trinajstić information content (AvgIpc) is 2.88. The zero-order chi connectivity index (χ0) is 15.8. The molecule has 0 bridgehead atoms. The number of aliphatic carboxylic acids is 1. The van der Waals surface area contributed by atoms with Crippen LogP contribution in [0.2, 0.25) is 0 Å². The fraction of sp³-hybridized carbons (Fsp3) is 0.714. The van der Waals surface area contributed by atoms with Crippen LogP contribution in [0, 0.1) is 5.92 Å². The summed E-state index contributed by atoms with van der Waals surface area (Å²) < 4.78 is 10.5. The number of likely N-dealkylation sites (N-methyl/N-ethyl adjacent to an activating group) is 1. The Hall–Kier alpha value is -1.60. The van der Waals surface area contributed by atoms with Gasteiger partial charge in [0.1, 0.15) is 5.92 Å². The number of carbonyl (C=O) groups excluding carboxylic acids is 1. The molecule has 1 aliphatic heterocycles. The smallest absolute Gasteiger partial charge is 0.317 e. The number of rotatable bonds is 8. The van der Waals surface area contributed by atoms with Crippen LogP contribution in [0.25, 0.3) is 0 Å². The van der Waals surface area contributed by atoms with E-state index in [0.717, 1.165) is 5.57 Å². The maximum absolute atomic E-state index is 12.1. The quantitative estimate of drug-likeness (QED) is 0.509. The van der Waals surface area contributed by atoms with Gasteiger partial charge in [-0.15, -0.1) is 0 Å². The number of hydrogen-bond acceptors (Lipinski definition) is 4. The van der Waals surface area contributed by atoms with Crippen molar-refractivity contribution >= 4 is 12.0 Å². The van der Waals surface area contributed by atoms with Crippen LogP contribution >= 0.6 is 0 Å². The molecule has 2 N–H and O–H groups in total. The maximum atomic E-state index is 12.1. The molecule has 21 heavy (non-hydrogen) atoms. The minimum atomic E-state index is -0.937. The Morgan fingerprint density at radius 1 is 1.48 bits per heavy atom. The van der Waals surface area contributed by atoms with Gasteiger partial charge in [0, 0.05) is 13.1 Å². The van der Waals surface area contributed by atoms with E-state index in [2.05, 4.69) is 11.9 Å². The van der Waals surface area contributed by atoms with Crippen molar-refractivity contribution in [3.8, 4) is 0 Å². The molecule has 0 aromatic heterocycles. The fourth-order valence-electron chi connectivity index (χ4n) is 2.19. The summed E-state index contributed by atoms with van der Waals surface area (Å²) in [6.45, 7) is 9.44. The number of urea groups is 1. The summed E-state index contributed by atoms with van der Waals surface area (Å²) in [6, 6.07) is -0.720. The standard InChI is InChI=1S/C14H24N2O5/c1-4-16(12-9-21-8-11(12)13(17)18)14(19)15-5-6-20-7-10(2)3/h11-12H,2,4-9H2,1,3H3,(H,15,19)(H,17,18). The van der Waals surface area contributed by atoms with E-state index < -0.39 is 17.9 Å². The molecule has 1 heterocycles. The lowest BCUT2D eigenvalue weighted by atomic mass is 10.0. The van der Waals surface area contributed by atoms with Crippen molar-refractivity contribution in [2.75, 3.05) is 39.5 Å². The zero-order valence-corrected chi connectivity index (χ0v) is 12.6. The highest BCUT2D eigenvalue weighted by atomic mass is 16.5. The van der Waals surface area contributed by atoms with Gasteiger partial charge in [-0.2, -0.15) is 0 Å². The van der Waals surface area contributed by atoms with Gasteiger partial charge in [0.15, 0.2) is 0 Å². The molecule has 1 rings (SSSR count). The first-order valence-corrected chi connectivity index (χ1v) is 7.04. The van der Waals surface area contributed by atoms with Gasteiger partial charge in [-0.25, -0.2) is 4.79 Å². The molecule has 2 unspecified atom stereocenters. The number of hydrogen-bond donors (Lipinski definition) is 2. The molecular weight excluding hydrogens is 276 g/mol. The third kappa shape index (κ3) is 5.35. The predicted molar refractivity (Wildman–Crippen MR) is 77.1 cm³/mol. The average molecular weight is 300 g/mol. The molecule has 7 nitrogen and oxygen atoms in total. The highest BCUT2D eigenvalue weighted by Gasteiger charge is 2.39. The second kappa shape index (κ2) is 8.63. The van der Waals surface area contributed by atoms with Gasteiger partial charge in [-0.05, 0) is 13.8 Å². The van der Waals surface area contributed by atoms with Crippen LogP contribution in [0.4, 0.5) is 4.79 Å². The summed E-state index contributed by atoms with van der Waals surface area (Å²) in [5, 5.41) is 11.9. The van der Waals surface area contributed by atoms with E-state index >= 15 is 0 Å². The predicted octanol–water partition coefficient (Wildman–Crippen LogP) is 0.710. The normalized spacial score (nSPS) is 21.0. The Kier molecular flexibility index (Phi) is 7.18. The van der Waals surface area contributed by atoms with Crippen LogP contribution in [0.15, 0.2) is 12.2 Å². The Morgan fingerprint density at radius 3 is 2.76 bits per heavy atom. The number of nitrogens with one attached hydrogen (secondary N) is 1. The Morgan fingerprint density at radius 2 is 2.19 bits per heavy atom. The lowest BCUT2D eigenvalue weighted by Gasteiger charge is -2.29. The van der Waals surface area contributed by atoms with Crippen molar-refractivity contribution in [3.05, 3.63) is 12.2 Å². The largest absolute Gasteiger partial charge is 0.481 e. The molecule has 120 valence electrons. The van der Waals surface area contributed by atoms with Crippen molar-refractivity contribution in [2.45, 2.75) is 19.9 Å². The van der Waals surface area contributed by atoms with Crippen LogP contribution in [-0.2, 0) is 14.3 Å². The third-order valence-electron chi connectivity index (χ3n) is 3.24. The molecule has 1 aliphatic rings. The highest BCUT2D eigenvalue weighted by Crippen LogP contribution is 2.20. The molecule has 0 saturated carbocycles. The summed E-state index contributed by atoms with van der Waals surface area (Å²) in [6.07, 6.45) is 0. The summed E-state index contributed by atoms with van der Waals surface area (Å²) in [5.41, 5.74) is 0.920. The van der Waals surface area contributed by atoms with Crippen molar-refractivity contribution < 1.29 is 24.2 Å². The number of carboxylic acid groups (broad SMARTS) is 1. The highest BCUT2D eigenvalue weighted by molar-refractivity contribution is 5.77. The Balaban J connectivity index is 2.42. The van der Waals surface area contributed by atoms with Gasteiger partial charge in [-0.1, -0.05) is 12.2 Å². The monoisotopic (exact) mass is 300 g/mol. The maximum Gasteiger partial charge on any atom is 0.317 e. The number of ether oxygens (including phenoxy) is 2. The SMILES string of the molecule is C=C(C)COCCNC(=O)N(CC)C1COCC1C(=O)O. The van der Waals surface area contributed by atoms with Gasteiger partial charge in [-0.3, -0.25) is 4.79 Å². The number of carbonyl (C=O) groups is 2. The first-order chi connectivity index (χ1) is 9.97. The van der Waals surface area contributed by atoms with Gasteiger partial charge < -0.3 is 24.8 Å². The van der Waals surface area contributed by atoms with Crippen LogP contribution in [-0.4, -0.2) is 67.6 Å². The van der Waals surface area contributed by atoms with Gasteiger partial charge in [0.05, 0.1) is 32.5 Å². The van der Waals surface area contributed by atoms with Crippen LogP contribution in [0.1, 0.15) is 13.8 Å². The summed E-state index contributed by atoms with van der Waals surface area (Å²) >= 11 is 0. The molecule has 2 atom stereocenters. The van der Waals surface area contributed by atoms with E-state index in [-0.39, 0.29) is 19.2 Å². The Labute approximate surface area is 124 Å². The molecule has 2 amide bonds. The van der Waals surface area contributed by atoms with Gasteiger partial charge in [0.2, 0.25) is 0 Å². The molecule has 0 spiro atoms. The van der Waals surface area contributed by atoms with Crippen LogP contribution in [0.5, 0.6) is 0 Å². The van der Waals surface area contributed by atoms with E-state index in [0.29, 0.717) is 26.3 Å². The van der Waals surface area contributed by atoms with Gasteiger partial charge >= 0.3 is 12.0 Å². The zero-order valence-electron chi connectivity index (χ0n) is 12.6. The number of carboxylic acids is 1. The van der Waals surface area contributed by atoms with E-state index in [1.165, 1.54) is 4.90 Å². The van der Waals surface area contributed by atoms with Crippen molar-refractivity contribution in [1.29, 1.82) is 0 Å². The number of nitrogens with zero attached hydrogens (tertiary/aromatic N) is 1. The third-order valence-corrected chi connectivity index (χ3v) is 3.24. The number of amides is 2. The summed E-state index contributed by atoms with van der Waals surface area (Å²) in [5.74, 6) is -1.61. The van der Waals surface area contributed by atoms with Crippen molar-refractivity contribution in [3.63, 3.8) is 0 Å². The summed E-state index contributed by atoms with van der Waals surface area (Å²) in [4.78, 5) is 24.8. The van der Waals surface area contributed by atoms with E-state index in [1.54, 1.807) is 0 Å². The molecule has 0 aromatic carbocycles. The topological polar surface area (TPSA) is 88.1 Å². The minimum absolute atomic E-state index is 0.144.